The van der Waals surface area contributed by atoms with E-state index in [4.69, 9.17) is 0 Å². The van der Waals surface area contributed by atoms with Gasteiger partial charge in [0, 0.05) is 22.2 Å². The van der Waals surface area contributed by atoms with E-state index in [0.717, 1.165) is 17.4 Å². The molecule has 1 aliphatic carbocycles. The van der Waals surface area contributed by atoms with Crippen molar-refractivity contribution in [2.75, 3.05) is 12.8 Å². The highest BCUT2D eigenvalue weighted by Crippen LogP contribution is 2.38. The Morgan fingerprint density at radius 3 is 2.76 bits per heavy atom. The number of benzene rings is 1. The van der Waals surface area contributed by atoms with Crippen LogP contribution in [0.15, 0.2) is 30.3 Å². The van der Waals surface area contributed by atoms with Gasteiger partial charge in [0.2, 0.25) is 0 Å². The highest BCUT2D eigenvalue weighted by Gasteiger charge is 2.31. The molecule has 0 radical (unpaired) electrons. The lowest BCUT2D eigenvalue weighted by molar-refractivity contribution is 0.0943. The van der Waals surface area contributed by atoms with E-state index in [-0.39, 0.29) is 10.7 Å². The van der Waals surface area contributed by atoms with E-state index in [1.54, 1.807) is 0 Å². The fourth-order valence-electron chi connectivity index (χ4n) is 3.18. The number of aromatic amines is 1. The number of thioether (sulfide) groups is 1. The number of fused-ring (bicyclic) bond motifs is 1. The van der Waals surface area contributed by atoms with Gasteiger partial charge < -0.3 is 10.3 Å². The highest BCUT2D eigenvalue weighted by atomic mass is 32.2. The van der Waals surface area contributed by atoms with Gasteiger partial charge in [0.25, 0.3) is 5.91 Å². The van der Waals surface area contributed by atoms with Gasteiger partial charge in [-0.2, -0.15) is 11.8 Å². The Labute approximate surface area is 129 Å². The molecule has 3 nitrogen and oxygen atoms in total. The molecule has 0 unspecified atom stereocenters. The second kappa shape index (κ2) is 6.14. The van der Waals surface area contributed by atoms with Gasteiger partial charge in [-0.15, -0.1) is 0 Å². The van der Waals surface area contributed by atoms with E-state index in [1.165, 1.54) is 32.1 Å². The molecule has 1 aromatic carbocycles. The lowest BCUT2D eigenvalue weighted by Gasteiger charge is -2.35. The van der Waals surface area contributed by atoms with E-state index >= 15 is 0 Å². The second-order valence-electron chi connectivity index (χ2n) is 5.90. The standard InChI is InChI=1S/C17H22N2OS/c1-21-17(9-5-2-6-10-17)12-18-16(20)15-11-13-7-3-4-8-14(13)19-15/h3-4,7-8,11,19H,2,5-6,9-10,12H2,1H3,(H,18,20). The van der Waals surface area contributed by atoms with Gasteiger partial charge in [-0.25, -0.2) is 0 Å². The summed E-state index contributed by atoms with van der Waals surface area (Å²) in [6, 6.07) is 9.91. The molecular weight excluding hydrogens is 280 g/mol. The van der Waals surface area contributed by atoms with Crippen LogP contribution in [0, 0.1) is 0 Å². The molecule has 0 aliphatic heterocycles. The minimum absolute atomic E-state index is 0.00481. The van der Waals surface area contributed by atoms with Crippen molar-refractivity contribution in [1.29, 1.82) is 0 Å². The maximum absolute atomic E-state index is 12.4. The molecule has 1 aliphatic rings. The number of H-pyrrole nitrogens is 1. The van der Waals surface area contributed by atoms with Crippen molar-refractivity contribution in [3.63, 3.8) is 0 Å². The molecule has 1 amide bonds. The summed E-state index contributed by atoms with van der Waals surface area (Å²) in [6.45, 7) is 0.766. The van der Waals surface area contributed by atoms with Crippen LogP contribution in [0.5, 0.6) is 0 Å². The van der Waals surface area contributed by atoms with Crippen LogP contribution < -0.4 is 5.32 Å². The van der Waals surface area contributed by atoms with Gasteiger partial charge in [-0.1, -0.05) is 37.5 Å². The maximum Gasteiger partial charge on any atom is 0.267 e. The summed E-state index contributed by atoms with van der Waals surface area (Å²) >= 11 is 1.91. The molecule has 1 aromatic heterocycles. The van der Waals surface area contributed by atoms with Gasteiger partial charge in [-0.3, -0.25) is 4.79 Å². The minimum Gasteiger partial charge on any atom is -0.351 e. The van der Waals surface area contributed by atoms with Crippen molar-refractivity contribution in [2.45, 2.75) is 36.9 Å². The molecular formula is C17H22N2OS. The first-order valence-electron chi connectivity index (χ1n) is 7.64. The summed E-state index contributed by atoms with van der Waals surface area (Å²) < 4.78 is 0.236. The molecule has 21 heavy (non-hydrogen) atoms. The maximum atomic E-state index is 12.4. The number of carbonyl (C=O) groups excluding carboxylic acids is 1. The average molecular weight is 302 g/mol. The fraction of sp³-hybridized carbons (Fsp3) is 0.471. The Morgan fingerprint density at radius 1 is 1.29 bits per heavy atom. The number of para-hydroxylation sites is 1. The summed E-state index contributed by atoms with van der Waals surface area (Å²) in [6.07, 6.45) is 8.48. The van der Waals surface area contributed by atoms with Crippen LogP contribution in [-0.4, -0.2) is 28.4 Å². The Morgan fingerprint density at radius 2 is 2.05 bits per heavy atom. The third-order valence-corrected chi connectivity index (χ3v) is 5.96. The van der Waals surface area contributed by atoms with Gasteiger partial charge in [0.1, 0.15) is 5.69 Å². The normalized spacial score (nSPS) is 17.8. The number of hydrogen-bond acceptors (Lipinski definition) is 2. The Bertz CT molecular complexity index is 596. The average Bonchev–Trinajstić information content (AvgIpc) is 2.97. The first-order chi connectivity index (χ1) is 10.2. The van der Waals surface area contributed by atoms with Crippen molar-refractivity contribution < 1.29 is 4.79 Å². The van der Waals surface area contributed by atoms with Crippen LogP contribution in [0.4, 0.5) is 0 Å². The SMILES string of the molecule is CSC1(CNC(=O)c2cc3ccccc3[nH]2)CCCCC1. The number of amides is 1. The van der Waals surface area contributed by atoms with E-state index in [9.17, 15) is 4.79 Å². The lowest BCUT2D eigenvalue weighted by Crippen LogP contribution is -2.41. The van der Waals surface area contributed by atoms with E-state index in [2.05, 4.69) is 16.6 Å². The molecule has 0 bridgehead atoms. The van der Waals surface area contributed by atoms with Crippen LogP contribution in [0.3, 0.4) is 0 Å². The van der Waals surface area contributed by atoms with Crippen LogP contribution in [-0.2, 0) is 0 Å². The monoisotopic (exact) mass is 302 g/mol. The number of aromatic nitrogens is 1. The third kappa shape index (κ3) is 3.10. The van der Waals surface area contributed by atoms with E-state index in [1.807, 2.05) is 42.1 Å². The molecule has 2 N–H and O–H groups in total. The van der Waals surface area contributed by atoms with Gasteiger partial charge in [0.15, 0.2) is 0 Å². The van der Waals surface area contributed by atoms with Crippen LogP contribution >= 0.6 is 11.8 Å². The summed E-state index contributed by atoms with van der Waals surface area (Å²) in [5.74, 6) is 0.00481. The van der Waals surface area contributed by atoms with Crippen LogP contribution in [0.25, 0.3) is 10.9 Å². The topological polar surface area (TPSA) is 44.9 Å². The molecule has 4 heteroatoms. The lowest BCUT2D eigenvalue weighted by atomic mass is 9.88. The van der Waals surface area contributed by atoms with E-state index in [0.29, 0.717) is 5.69 Å². The third-order valence-electron chi connectivity index (χ3n) is 4.54. The van der Waals surface area contributed by atoms with Crippen LogP contribution in [0.1, 0.15) is 42.6 Å². The van der Waals surface area contributed by atoms with Crippen molar-refractivity contribution >= 4 is 28.6 Å². The molecule has 3 rings (SSSR count). The fourth-order valence-corrected chi connectivity index (χ4v) is 4.09. The Kier molecular flexibility index (Phi) is 4.24. The second-order valence-corrected chi connectivity index (χ2v) is 7.18. The first-order valence-corrected chi connectivity index (χ1v) is 8.86. The highest BCUT2D eigenvalue weighted by molar-refractivity contribution is 8.00. The number of nitrogens with one attached hydrogen (secondary N) is 2. The molecule has 2 aromatic rings. The largest absolute Gasteiger partial charge is 0.351 e. The molecule has 1 fully saturated rings. The summed E-state index contributed by atoms with van der Waals surface area (Å²) in [4.78, 5) is 15.6. The molecule has 0 spiro atoms. The zero-order valence-corrected chi connectivity index (χ0v) is 13.3. The number of hydrogen-bond donors (Lipinski definition) is 2. The predicted molar refractivity (Wildman–Crippen MR) is 90.0 cm³/mol. The van der Waals surface area contributed by atoms with Crippen LogP contribution in [0.2, 0.25) is 0 Å². The summed E-state index contributed by atoms with van der Waals surface area (Å²) in [5, 5.41) is 4.21. The van der Waals surface area contributed by atoms with Crippen molar-refractivity contribution in [1.82, 2.24) is 10.3 Å². The zero-order valence-electron chi connectivity index (χ0n) is 12.4. The molecule has 1 saturated carbocycles. The van der Waals surface area contributed by atoms with Crippen molar-refractivity contribution in [3.05, 3.63) is 36.0 Å². The number of rotatable bonds is 4. The predicted octanol–water partition coefficient (Wildman–Crippen LogP) is 3.96. The van der Waals surface area contributed by atoms with Crippen molar-refractivity contribution in [2.24, 2.45) is 0 Å². The molecule has 1 heterocycles. The van der Waals surface area contributed by atoms with E-state index < -0.39 is 0 Å². The molecule has 0 atom stereocenters. The Hall–Kier alpha value is -1.42. The van der Waals surface area contributed by atoms with Gasteiger partial charge in [-0.05, 0) is 31.2 Å². The smallest absolute Gasteiger partial charge is 0.267 e. The van der Waals surface area contributed by atoms with Crippen molar-refractivity contribution in [3.8, 4) is 0 Å². The minimum atomic E-state index is 0.00481. The molecule has 112 valence electrons. The zero-order chi connectivity index (χ0) is 14.7. The first kappa shape index (κ1) is 14.5. The molecule has 0 saturated heterocycles. The van der Waals surface area contributed by atoms with Gasteiger partial charge >= 0.3 is 0 Å². The number of carbonyl (C=O) groups is 1. The Balaban J connectivity index is 1.68. The van der Waals surface area contributed by atoms with Gasteiger partial charge in [0.05, 0.1) is 0 Å². The quantitative estimate of drug-likeness (QED) is 0.898. The summed E-state index contributed by atoms with van der Waals surface area (Å²) in [5.41, 5.74) is 1.67. The summed E-state index contributed by atoms with van der Waals surface area (Å²) in [7, 11) is 0.